The van der Waals surface area contributed by atoms with Crippen molar-refractivity contribution in [1.29, 1.82) is 0 Å². The molecule has 7 nitrogen and oxygen atoms in total. The Morgan fingerprint density at radius 3 is 2.34 bits per heavy atom. The second-order valence-corrected chi connectivity index (χ2v) is 8.00. The molecule has 1 fully saturated rings. The second kappa shape index (κ2) is 15.9. The number of benzene rings is 1. The predicted octanol–water partition coefficient (Wildman–Crippen LogP) is 4.77. The summed E-state index contributed by atoms with van der Waals surface area (Å²) < 4.78 is 0. The lowest BCUT2D eigenvalue weighted by molar-refractivity contribution is -0.137. The summed E-state index contributed by atoms with van der Waals surface area (Å²) in [5.41, 5.74) is 2.64. The van der Waals surface area contributed by atoms with Crippen LogP contribution in [0.4, 0.5) is 5.82 Å². The number of nitrogens with zero attached hydrogens (tertiary/aromatic N) is 3. The zero-order valence-corrected chi connectivity index (χ0v) is 18.9. The van der Waals surface area contributed by atoms with Gasteiger partial charge in [0.15, 0.2) is 0 Å². The number of fused-ring (bicyclic) bond motifs is 1. The topological polar surface area (TPSA) is 94.9 Å². The van der Waals surface area contributed by atoms with Crippen LogP contribution in [0.25, 0.3) is 0 Å². The van der Waals surface area contributed by atoms with Gasteiger partial charge < -0.3 is 15.3 Å². The van der Waals surface area contributed by atoms with E-state index < -0.39 is 5.97 Å². The highest BCUT2D eigenvalue weighted by molar-refractivity contribution is 5.66. The van der Waals surface area contributed by atoms with Crippen LogP contribution in [0.1, 0.15) is 49.8 Å². The highest BCUT2D eigenvalue weighted by Crippen LogP contribution is 2.20. The molecule has 2 aliphatic heterocycles. The molecular weight excluding hydrogens is 404 g/mol. The maximum Gasteiger partial charge on any atom is 0.303 e. The van der Waals surface area contributed by atoms with E-state index in [2.05, 4.69) is 27.5 Å². The molecular formula is C25H36N4O3. The van der Waals surface area contributed by atoms with E-state index in [-0.39, 0.29) is 13.0 Å². The zero-order chi connectivity index (χ0) is 22.9. The first kappa shape index (κ1) is 25.5. The number of carboxylic acids is 1. The van der Waals surface area contributed by atoms with Gasteiger partial charge in [-0.2, -0.15) is 4.91 Å². The third-order valence-electron chi connectivity index (χ3n) is 5.39. The van der Waals surface area contributed by atoms with E-state index in [1.165, 1.54) is 63.0 Å². The molecule has 32 heavy (non-hydrogen) atoms. The summed E-state index contributed by atoms with van der Waals surface area (Å²) in [6.07, 6.45) is 8.05. The van der Waals surface area contributed by atoms with E-state index in [1.807, 2.05) is 36.4 Å². The average Bonchev–Trinajstić information content (AvgIpc) is 2.85. The van der Waals surface area contributed by atoms with Gasteiger partial charge in [-0.1, -0.05) is 54.1 Å². The Balaban J connectivity index is 0.000000215. The van der Waals surface area contributed by atoms with Crippen molar-refractivity contribution in [2.24, 2.45) is 5.18 Å². The third kappa shape index (κ3) is 11.0. The van der Waals surface area contributed by atoms with E-state index in [9.17, 15) is 9.70 Å². The first-order chi connectivity index (χ1) is 15.7. The number of anilines is 1. The Bertz CT molecular complexity index is 753. The minimum Gasteiger partial charge on any atom is -0.481 e. The maximum atomic E-state index is 9.73. The van der Waals surface area contributed by atoms with Gasteiger partial charge in [0.1, 0.15) is 5.82 Å². The van der Waals surface area contributed by atoms with Gasteiger partial charge in [-0.05, 0) is 56.8 Å². The lowest BCUT2D eigenvalue weighted by atomic mass is 10.1. The van der Waals surface area contributed by atoms with Gasteiger partial charge in [-0.15, -0.1) is 0 Å². The fourth-order valence-corrected chi connectivity index (χ4v) is 3.64. The largest absolute Gasteiger partial charge is 0.481 e. The number of nitrogens with one attached hydrogen (secondary N) is 1. The molecule has 1 aromatic carbocycles. The fourth-order valence-electron chi connectivity index (χ4n) is 3.64. The third-order valence-corrected chi connectivity index (χ3v) is 5.39. The van der Waals surface area contributed by atoms with Crippen LogP contribution in [-0.4, -0.2) is 53.7 Å². The van der Waals surface area contributed by atoms with Crippen molar-refractivity contribution >= 4 is 11.8 Å². The van der Waals surface area contributed by atoms with Crippen molar-refractivity contribution in [3.8, 4) is 0 Å². The van der Waals surface area contributed by atoms with Gasteiger partial charge in [0.25, 0.3) is 0 Å². The van der Waals surface area contributed by atoms with Crippen LogP contribution in [-0.2, 0) is 17.6 Å². The quantitative estimate of drug-likeness (QED) is 0.476. The van der Waals surface area contributed by atoms with E-state index in [0.717, 1.165) is 18.8 Å². The summed E-state index contributed by atoms with van der Waals surface area (Å²) >= 11 is 0. The van der Waals surface area contributed by atoms with Gasteiger partial charge in [-0.25, -0.2) is 4.98 Å². The standard InChI is InChI=1S/C15H23N3.C6H6.C4H7NO3/c1-2-10-18(11-3-1)12-8-14-7-6-13-5-4-9-16-15(13)17-14;1-2-4-6-5-3-1;6-4(7)2-1-3-5-8/h6-7H,1-5,8-12H2,(H,16,17);1-6H;1-3H2,(H,6,7). The number of pyridine rings is 1. The molecule has 0 saturated carbocycles. The lowest BCUT2D eigenvalue weighted by Gasteiger charge is -2.26. The van der Waals surface area contributed by atoms with E-state index in [1.54, 1.807) is 0 Å². The zero-order valence-electron chi connectivity index (χ0n) is 18.9. The minimum absolute atomic E-state index is 0.0335. The number of aliphatic carboxylic acids is 1. The van der Waals surface area contributed by atoms with Crippen LogP contribution in [0.15, 0.2) is 53.7 Å². The SMILES string of the molecule is O=NCCCC(=O)O.c1cc2c(nc1CCN1CCCCC1)NCCC2.c1ccccc1. The molecule has 4 rings (SSSR count). The molecule has 1 aromatic heterocycles. The van der Waals surface area contributed by atoms with Gasteiger partial charge in [0, 0.05) is 31.6 Å². The van der Waals surface area contributed by atoms with Crippen LogP contribution < -0.4 is 5.32 Å². The van der Waals surface area contributed by atoms with Gasteiger partial charge in [0.2, 0.25) is 0 Å². The molecule has 174 valence electrons. The van der Waals surface area contributed by atoms with Crippen molar-refractivity contribution in [3.63, 3.8) is 0 Å². The Morgan fingerprint density at radius 2 is 1.72 bits per heavy atom. The number of hydrogen-bond acceptors (Lipinski definition) is 6. The molecule has 3 heterocycles. The molecule has 0 bridgehead atoms. The van der Waals surface area contributed by atoms with E-state index >= 15 is 0 Å². The predicted molar refractivity (Wildman–Crippen MR) is 129 cm³/mol. The molecule has 0 aliphatic carbocycles. The molecule has 2 aliphatic rings. The highest BCUT2D eigenvalue weighted by atomic mass is 16.4. The summed E-state index contributed by atoms with van der Waals surface area (Å²) in [6.45, 7) is 4.92. The first-order valence-electron chi connectivity index (χ1n) is 11.6. The number of aryl methyl sites for hydroxylation is 1. The number of carbonyl (C=O) groups is 1. The fraction of sp³-hybridized carbons (Fsp3) is 0.520. The number of aromatic nitrogens is 1. The van der Waals surface area contributed by atoms with Crippen LogP contribution in [0.3, 0.4) is 0 Å². The normalized spacial score (nSPS) is 15.0. The molecule has 0 amide bonds. The molecule has 7 heteroatoms. The molecule has 0 spiro atoms. The van der Waals surface area contributed by atoms with Crippen LogP contribution in [0, 0.1) is 4.91 Å². The summed E-state index contributed by atoms with van der Waals surface area (Å²) in [6, 6.07) is 16.5. The number of likely N-dealkylation sites (tertiary alicyclic amines) is 1. The molecule has 0 radical (unpaired) electrons. The number of hydrogen-bond donors (Lipinski definition) is 2. The monoisotopic (exact) mass is 440 g/mol. The van der Waals surface area contributed by atoms with Crippen LogP contribution in [0.5, 0.6) is 0 Å². The van der Waals surface area contributed by atoms with Gasteiger partial charge >= 0.3 is 5.97 Å². The maximum absolute atomic E-state index is 9.73. The minimum atomic E-state index is -0.881. The van der Waals surface area contributed by atoms with Gasteiger partial charge in [0.05, 0.1) is 6.54 Å². The lowest BCUT2D eigenvalue weighted by Crippen LogP contribution is -2.31. The molecule has 2 aromatic rings. The van der Waals surface area contributed by atoms with Crippen molar-refractivity contribution in [3.05, 3.63) is 64.7 Å². The summed E-state index contributed by atoms with van der Waals surface area (Å²) in [7, 11) is 0. The van der Waals surface area contributed by atoms with Crippen LogP contribution in [0.2, 0.25) is 0 Å². The smallest absolute Gasteiger partial charge is 0.303 e. The second-order valence-electron chi connectivity index (χ2n) is 8.00. The summed E-state index contributed by atoms with van der Waals surface area (Å²) in [4.78, 5) is 26.4. The Kier molecular flexibility index (Phi) is 12.7. The van der Waals surface area contributed by atoms with E-state index in [4.69, 9.17) is 10.1 Å². The highest BCUT2D eigenvalue weighted by Gasteiger charge is 2.12. The van der Waals surface area contributed by atoms with E-state index in [0.29, 0.717) is 6.42 Å². The summed E-state index contributed by atoms with van der Waals surface area (Å²) in [5, 5.41) is 13.9. The number of nitroso groups, excluding NO2 is 1. The van der Waals surface area contributed by atoms with Crippen molar-refractivity contribution in [2.75, 3.05) is 38.0 Å². The average molecular weight is 441 g/mol. The first-order valence-corrected chi connectivity index (χ1v) is 11.6. The Labute approximate surface area is 191 Å². The Hall–Kier alpha value is -2.80. The van der Waals surface area contributed by atoms with Gasteiger partial charge in [-0.3, -0.25) is 4.79 Å². The molecule has 0 atom stereocenters. The van der Waals surface area contributed by atoms with Crippen molar-refractivity contribution in [2.45, 2.75) is 51.4 Å². The van der Waals surface area contributed by atoms with Crippen molar-refractivity contribution in [1.82, 2.24) is 9.88 Å². The summed E-state index contributed by atoms with van der Waals surface area (Å²) in [5.74, 6) is 0.256. The number of carboxylic acid groups (broad SMARTS) is 1. The van der Waals surface area contributed by atoms with Crippen LogP contribution >= 0.6 is 0 Å². The number of rotatable bonds is 7. The number of piperidine rings is 1. The molecule has 2 N–H and O–H groups in total. The molecule has 0 unspecified atom stereocenters. The Morgan fingerprint density at radius 1 is 1.03 bits per heavy atom. The van der Waals surface area contributed by atoms with Crippen molar-refractivity contribution < 1.29 is 9.90 Å². The molecule has 1 saturated heterocycles.